The molecule has 0 aromatic heterocycles. The van der Waals surface area contributed by atoms with Crippen LogP contribution in [-0.2, 0) is 4.79 Å². The van der Waals surface area contributed by atoms with Crippen LogP contribution in [0.15, 0.2) is 28.7 Å². The third-order valence-electron chi connectivity index (χ3n) is 2.56. The Morgan fingerprint density at radius 2 is 1.95 bits per heavy atom. The predicted molar refractivity (Wildman–Crippen MR) is 83.8 cm³/mol. The Labute approximate surface area is 127 Å². The van der Waals surface area contributed by atoms with Gasteiger partial charge in [-0.3, -0.25) is 4.79 Å². The quantitative estimate of drug-likeness (QED) is 0.864. The van der Waals surface area contributed by atoms with Gasteiger partial charge in [-0.2, -0.15) is 0 Å². The molecule has 2 N–H and O–H groups in total. The van der Waals surface area contributed by atoms with Crippen LogP contribution in [0.5, 0.6) is 0 Å². The average molecular weight is 342 g/mol. The van der Waals surface area contributed by atoms with E-state index in [-0.39, 0.29) is 18.0 Å². The van der Waals surface area contributed by atoms with E-state index in [1.807, 2.05) is 38.1 Å². The third kappa shape index (κ3) is 5.21. The van der Waals surface area contributed by atoms with Gasteiger partial charge in [0.15, 0.2) is 0 Å². The van der Waals surface area contributed by atoms with Crippen molar-refractivity contribution in [2.45, 2.75) is 26.8 Å². The summed E-state index contributed by atoms with van der Waals surface area (Å²) in [5, 5.41) is 5.46. The normalized spacial score (nSPS) is 10.2. The van der Waals surface area contributed by atoms with Crippen molar-refractivity contribution in [1.82, 2.24) is 10.6 Å². The summed E-state index contributed by atoms with van der Waals surface area (Å²) < 4.78 is 0.849. The fourth-order valence-corrected chi connectivity index (χ4v) is 2.21. The Hall–Kier alpha value is -1.56. The maximum Gasteiger partial charge on any atom is 0.315 e. The molecule has 0 spiro atoms. The minimum atomic E-state index is -0.226. The highest BCUT2D eigenvalue weighted by molar-refractivity contribution is 9.10. The van der Waals surface area contributed by atoms with Crippen LogP contribution in [0, 0.1) is 0 Å². The highest BCUT2D eigenvalue weighted by Crippen LogP contribution is 2.25. The van der Waals surface area contributed by atoms with Gasteiger partial charge in [-0.25, -0.2) is 4.79 Å². The number of benzene rings is 1. The first-order chi connectivity index (χ1) is 9.41. The third-order valence-corrected chi connectivity index (χ3v) is 3.23. The fourth-order valence-electron chi connectivity index (χ4n) is 1.71. The number of anilines is 1. The number of nitrogens with one attached hydrogen (secondary N) is 2. The number of urea groups is 1. The topological polar surface area (TPSA) is 61.4 Å². The summed E-state index contributed by atoms with van der Waals surface area (Å²) in [4.78, 5) is 24.8. The molecular formula is C14H20BrN3O2. The lowest BCUT2D eigenvalue weighted by atomic mass is 10.3. The average Bonchev–Trinajstić information content (AvgIpc) is 2.34. The molecule has 1 aromatic rings. The summed E-state index contributed by atoms with van der Waals surface area (Å²) in [6, 6.07) is 7.36. The van der Waals surface area contributed by atoms with E-state index in [2.05, 4.69) is 26.6 Å². The van der Waals surface area contributed by atoms with Gasteiger partial charge in [0.25, 0.3) is 0 Å². The molecule has 3 amide bonds. The lowest BCUT2D eigenvalue weighted by Gasteiger charge is -2.22. The van der Waals surface area contributed by atoms with Gasteiger partial charge in [-0.05, 0) is 41.9 Å². The predicted octanol–water partition coefficient (Wildman–Crippen LogP) is 2.51. The molecule has 1 aromatic carbocycles. The second kappa shape index (κ2) is 7.89. The van der Waals surface area contributed by atoms with Crippen molar-refractivity contribution in [3.05, 3.63) is 28.7 Å². The van der Waals surface area contributed by atoms with Crippen molar-refractivity contribution < 1.29 is 9.59 Å². The number of hydrogen-bond donors (Lipinski definition) is 2. The number of para-hydroxylation sites is 1. The van der Waals surface area contributed by atoms with Gasteiger partial charge < -0.3 is 15.5 Å². The van der Waals surface area contributed by atoms with E-state index in [4.69, 9.17) is 0 Å². The number of carbonyl (C=O) groups excluding carboxylic acids is 2. The van der Waals surface area contributed by atoms with Gasteiger partial charge >= 0.3 is 6.03 Å². The second-order valence-electron chi connectivity index (χ2n) is 4.68. The molecule has 0 aliphatic heterocycles. The molecule has 0 fully saturated rings. The number of hydrogen-bond acceptors (Lipinski definition) is 2. The molecule has 0 radical (unpaired) electrons. The molecule has 6 heteroatoms. The van der Waals surface area contributed by atoms with Crippen LogP contribution in [0.4, 0.5) is 10.5 Å². The highest BCUT2D eigenvalue weighted by atomic mass is 79.9. The summed E-state index contributed by atoms with van der Waals surface area (Å²) in [6.45, 7) is 6.10. The van der Waals surface area contributed by atoms with Gasteiger partial charge in [0.05, 0.1) is 5.69 Å². The molecule has 110 valence electrons. The second-order valence-corrected chi connectivity index (χ2v) is 5.53. The molecule has 0 aliphatic rings. The minimum absolute atomic E-state index is 0.0667. The number of rotatable bonds is 5. The molecule has 5 nitrogen and oxygen atoms in total. The number of amides is 3. The van der Waals surface area contributed by atoms with Crippen LogP contribution in [0.2, 0.25) is 0 Å². The van der Waals surface area contributed by atoms with Crippen molar-refractivity contribution in [3.8, 4) is 0 Å². The molecule has 0 unspecified atom stereocenters. The molecule has 20 heavy (non-hydrogen) atoms. The highest BCUT2D eigenvalue weighted by Gasteiger charge is 2.14. The van der Waals surface area contributed by atoms with Crippen LogP contribution in [0.1, 0.15) is 20.8 Å². The van der Waals surface area contributed by atoms with Crippen molar-refractivity contribution in [2.24, 2.45) is 0 Å². The molecule has 1 rings (SSSR count). The van der Waals surface area contributed by atoms with Crippen LogP contribution in [0.3, 0.4) is 0 Å². The zero-order valence-electron chi connectivity index (χ0n) is 11.9. The Bertz CT molecular complexity index is 477. The summed E-state index contributed by atoms with van der Waals surface area (Å²) in [6.07, 6.45) is 0. The molecule has 0 atom stereocenters. The molecule has 0 saturated carbocycles. The number of halogens is 1. The summed E-state index contributed by atoms with van der Waals surface area (Å²) in [5.74, 6) is -0.0667. The summed E-state index contributed by atoms with van der Waals surface area (Å²) in [7, 11) is 0. The number of nitrogens with zero attached hydrogens (tertiary/aromatic N) is 1. The van der Waals surface area contributed by atoms with Gasteiger partial charge in [0, 0.05) is 30.5 Å². The Kier molecular flexibility index (Phi) is 6.51. The first-order valence-corrected chi connectivity index (χ1v) is 7.28. The smallest absolute Gasteiger partial charge is 0.315 e. The fraction of sp³-hybridized carbons (Fsp3) is 0.429. The standard InChI is InChI=1S/C14H20BrN3O2/c1-10(2)17-14(20)16-8-9-18(11(3)19)13-7-5-4-6-12(13)15/h4-7,10H,8-9H2,1-3H3,(H2,16,17,20). The van der Waals surface area contributed by atoms with Crippen LogP contribution in [-0.4, -0.2) is 31.1 Å². The summed E-state index contributed by atoms with van der Waals surface area (Å²) in [5.41, 5.74) is 0.797. The summed E-state index contributed by atoms with van der Waals surface area (Å²) >= 11 is 3.43. The molecule has 0 saturated heterocycles. The molecule has 0 heterocycles. The van der Waals surface area contributed by atoms with E-state index in [0.29, 0.717) is 13.1 Å². The van der Waals surface area contributed by atoms with Crippen LogP contribution in [0.25, 0.3) is 0 Å². The molecular weight excluding hydrogens is 322 g/mol. The molecule has 0 aliphatic carbocycles. The van der Waals surface area contributed by atoms with E-state index in [1.165, 1.54) is 6.92 Å². The zero-order valence-corrected chi connectivity index (χ0v) is 13.5. The maximum atomic E-state index is 11.7. The van der Waals surface area contributed by atoms with Crippen LogP contribution < -0.4 is 15.5 Å². The first-order valence-electron chi connectivity index (χ1n) is 6.48. The Morgan fingerprint density at radius 3 is 2.50 bits per heavy atom. The zero-order chi connectivity index (χ0) is 15.1. The number of carbonyl (C=O) groups is 2. The van der Waals surface area contributed by atoms with Gasteiger partial charge in [-0.1, -0.05) is 12.1 Å². The van der Waals surface area contributed by atoms with E-state index >= 15 is 0 Å². The van der Waals surface area contributed by atoms with E-state index in [0.717, 1.165) is 10.2 Å². The van der Waals surface area contributed by atoms with E-state index < -0.39 is 0 Å². The van der Waals surface area contributed by atoms with Crippen molar-refractivity contribution in [3.63, 3.8) is 0 Å². The first kappa shape index (κ1) is 16.5. The van der Waals surface area contributed by atoms with Crippen LogP contribution >= 0.6 is 15.9 Å². The van der Waals surface area contributed by atoms with Crippen molar-refractivity contribution in [2.75, 3.05) is 18.0 Å². The van der Waals surface area contributed by atoms with E-state index in [9.17, 15) is 9.59 Å². The minimum Gasteiger partial charge on any atom is -0.336 e. The van der Waals surface area contributed by atoms with Gasteiger partial charge in [-0.15, -0.1) is 0 Å². The Balaban J connectivity index is 2.60. The molecule has 0 bridgehead atoms. The lowest BCUT2D eigenvalue weighted by molar-refractivity contribution is -0.116. The monoisotopic (exact) mass is 341 g/mol. The van der Waals surface area contributed by atoms with Gasteiger partial charge in [0.2, 0.25) is 5.91 Å². The maximum absolute atomic E-state index is 11.7. The van der Waals surface area contributed by atoms with Gasteiger partial charge in [0.1, 0.15) is 0 Å². The van der Waals surface area contributed by atoms with E-state index in [1.54, 1.807) is 4.90 Å². The van der Waals surface area contributed by atoms with Crippen molar-refractivity contribution in [1.29, 1.82) is 0 Å². The lowest BCUT2D eigenvalue weighted by Crippen LogP contribution is -2.43. The van der Waals surface area contributed by atoms with Crippen molar-refractivity contribution >= 4 is 33.6 Å². The SMILES string of the molecule is CC(=O)N(CCNC(=O)NC(C)C)c1ccccc1Br. The largest absolute Gasteiger partial charge is 0.336 e. The Morgan fingerprint density at radius 1 is 1.30 bits per heavy atom.